The van der Waals surface area contributed by atoms with Gasteiger partial charge in [0.25, 0.3) is 5.91 Å². The highest BCUT2D eigenvalue weighted by Crippen LogP contribution is 2.23. The summed E-state index contributed by atoms with van der Waals surface area (Å²) in [5.74, 6) is 8.07. The van der Waals surface area contributed by atoms with Gasteiger partial charge in [0.1, 0.15) is 0 Å². The number of nitrogens with two attached hydrogens (primary N) is 1. The van der Waals surface area contributed by atoms with E-state index in [2.05, 4.69) is 11.8 Å². The molecule has 20 heavy (non-hydrogen) atoms. The maximum absolute atomic E-state index is 12.6. The van der Waals surface area contributed by atoms with Crippen molar-refractivity contribution in [3.05, 3.63) is 34.9 Å². The van der Waals surface area contributed by atoms with Crippen molar-refractivity contribution >= 4 is 17.7 Å². The maximum atomic E-state index is 12.6. The summed E-state index contributed by atoms with van der Waals surface area (Å²) in [6.45, 7) is 2.30. The van der Waals surface area contributed by atoms with E-state index >= 15 is 0 Å². The number of thioether (sulfide) groups is 1. The zero-order valence-corrected chi connectivity index (χ0v) is 12.8. The van der Waals surface area contributed by atoms with Gasteiger partial charge in [-0.05, 0) is 36.8 Å². The molecule has 4 heteroatoms. The van der Waals surface area contributed by atoms with Gasteiger partial charge in [0.05, 0.1) is 12.1 Å². The minimum Gasteiger partial charge on any atom is -0.338 e. The molecule has 1 amide bonds. The molecule has 1 aliphatic heterocycles. The smallest absolute Gasteiger partial charge is 0.255 e. The predicted molar refractivity (Wildman–Crippen MR) is 84.9 cm³/mol. The van der Waals surface area contributed by atoms with Crippen LogP contribution in [-0.2, 0) is 0 Å². The average molecular weight is 288 g/mol. The number of rotatable bonds is 2. The van der Waals surface area contributed by atoms with Gasteiger partial charge in [-0.15, -0.1) is 0 Å². The lowest BCUT2D eigenvalue weighted by Crippen LogP contribution is -2.37. The first kappa shape index (κ1) is 15.0. The molecule has 0 aliphatic carbocycles. The minimum atomic E-state index is 0.0545. The number of hydrogen-bond donors (Lipinski definition) is 1. The van der Waals surface area contributed by atoms with Crippen molar-refractivity contribution in [1.82, 2.24) is 4.90 Å². The van der Waals surface area contributed by atoms with Crippen LogP contribution in [0.15, 0.2) is 18.2 Å². The zero-order chi connectivity index (χ0) is 14.5. The number of hydrogen-bond acceptors (Lipinski definition) is 3. The first-order valence-electron chi connectivity index (χ1n) is 6.78. The molecule has 0 saturated carbocycles. The Morgan fingerprint density at radius 3 is 3.00 bits per heavy atom. The Kier molecular flexibility index (Phi) is 5.11. The summed E-state index contributed by atoms with van der Waals surface area (Å²) in [6, 6.07) is 6.12. The maximum Gasteiger partial charge on any atom is 0.255 e. The van der Waals surface area contributed by atoms with Crippen LogP contribution >= 0.6 is 11.8 Å². The topological polar surface area (TPSA) is 46.3 Å². The summed E-state index contributed by atoms with van der Waals surface area (Å²) in [5.41, 5.74) is 7.98. The van der Waals surface area contributed by atoms with Crippen LogP contribution in [0.2, 0.25) is 0 Å². The van der Waals surface area contributed by atoms with E-state index < -0.39 is 0 Å². The van der Waals surface area contributed by atoms with E-state index in [0.29, 0.717) is 18.2 Å². The third-order valence-corrected chi connectivity index (χ3v) is 4.65. The molecule has 0 spiro atoms. The SMILES string of the molecule is Cc1ccc(C(=O)N(C)C2CCSC2)c(C#CCN)c1. The van der Waals surface area contributed by atoms with Gasteiger partial charge in [-0.25, -0.2) is 0 Å². The third-order valence-electron chi connectivity index (χ3n) is 3.50. The third kappa shape index (κ3) is 3.36. The molecule has 0 bridgehead atoms. The summed E-state index contributed by atoms with van der Waals surface area (Å²) in [4.78, 5) is 14.5. The van der Waals surface area contributed by atoms with Crippen molar-refractivity contribution in [2.45, 2.75) is 19.4 Å². The number of benzene rings is 1. The minimum absolute atomic E-state index is 0.0545. The zero-order valence-electron chi connectivity index (χ0n) is 12.0. The van der Waals surface area contributed by atoms with Crippen LogP contribution in [0.5, 0.6) is 0 Å². The predicted octanol–water partition coefficient (Wildman–Crippen LogP) is 1.88. The molecule has 1 fully saturated rings. The van der Waals surface area contributed by atoms with Crippen LogP contribution in [0, 0.1) is 18.8 Å². The second kappa shape index (κ2) is 6.83. The molecule has 106 valence electrons. The fourth-order valence-electron chi connectivity index (χ4n) is 2.28. The van der Waals surface area contributed by atoms with E-state index in [4.69, 9.17) is 5.73 Å². The normalized spacial score (nSPS) is 17.4. The molecule has 2 N–H and O–H groups in total. The lowest BCUT2D eigenvalue weighted by atomic mass is 10.0. The Hall–Kier alpha value is -1.44. The number of carbonyl (C=O) groups is 1. The van der Waals surface area contributed by atoms with Gasteiger partial charge in [-0.2, -0.15) is 11.8 Å². The monoisotopic (exact) mass is 288 g/mol. The summed E-state index contributed by atoms with van der Waals surface area (Å²) in [7, 11) is 1.89. The average Bonchev–Trinajstić information content (AvgIpc) is 2.97. The molecule has 1 atom stereocenters. The Morgan fingerprint density at radius 2 is 2.35 bits per heavy atom. The van der Waals surface area contributed by atoms with E-state index in [9.17, 15) is 4.79 Å². The van der Waals surface area contributed by atoms with Crippen LogP contribution in [0.1, 0.15) is 27.9 Å². The van der Waals surface area contributed by atoms with E-state index in [1.54, 1.807) is 0 Å². The Labute approximate surface area is 124 Å². The van der Waals surface area contributed by atoms with Gasteiger partial charge in [0.2, 0.25) is 0 Å². The fourth-order valence-corrected chi connectivity index (χ4v) is 3.55. The molecule has 3 nitrogen and oxygen atoms in total. The first-order chi connectivity index (χ1) is 9.63. The summed E-state index contributed by atoms with van der Waals surface area (Å²) >= 11 is 1.91. The largest absolute Gasteiger partial charge is 0.338 e. The molecule has 1 aromatic carbocycles. The lowest BCUT2D eigenvalue weighted by Gasteiger charge is -2.24. The van der Waals surface area contributed by atoms with Gasteiger partial charge in [0.15, 0.2) is 0 Å². The van der Waals surface area contributed by atoms with Gasteiger partial charge in [0, 0.05) is 24.4 Å². The summed E-state index contributed by atoms with van der Waals surface area (Å²) in [6.07, 6.45) is 1.07. The Morgan fingerprint density at radius 1 is 1.55 bits per heavy atom. The lowest BCUT2D eigenvalue weighted by molar-refractivity contribution is 0.0747. The molecule has 1 unspecified atom stereocenters. The molecule has 0 aromatic heterocycles. The van der Waals surface area contributed by atoms with E-state index in [-0.39, 0.29) is 5.91 Å². The Bertz CT molecular complexity index is 553. The van der Waals surface area contributed by atoms with Gasteiger partial charge in [-0.3, -0.25) is 4.79 Å². The molecular weight excluding hydrogens is 268 g/mol. The second-order valence-corrected chi connectivity index (χ2v) is 6.14. The number of carbonyl (C=O) groups excluding carboxylic acids is 1. The molecule has 1 heterocycles. The molecular formula is C16H20N2OS. The van der Waals surface area contributed by atoms with Gasteiger partial charge in [-0.1, -0.05) is 17.9 Å². The highest BCUT2D eigenvalue weighted by atomic mass is 32.2. The molecule has 2 rings (SSSR count). The van der Waals surface area contributed by atoms with Crippen LogP contribution < -0.4 is 5.73 Å². The van der Waals surface area contributed by atoms with Crippen molar-refractivity contribution in [2.75, 3.05) is 25.1 Å². The van der Waals surface area contributed by atoms with E-state index in [1.807, 2.05) is 48.8 Å². The number of aryl methyl sites for hydroxylation is 1. The van der Waals surface area contributed by atoms with Gasteiger partial charge < -0.3 is 10.6 Å². The molecule has 1 aliphatic rings. The molecule has 1 saturated heterocycles. The van der Waals surface area contributed by atoms with Crippen LogP contribution in [-0.4, -0.2) is 41.9 Å². The second-order valence-electron chi connectivity index (χ2n) is 4.99. The van der Waals surface area contributed by atoms with Crippen LogP contribution in [0.4, 0.5) is 0 Å². The Balaban J connectivity index is 2.28. The first-order valence-corrected chi connectivity index (χ1v) is 7.93. The highest BCUT2D eigenvalue weighted by Gasteiger charge is 2.25. The fraction of sp³-hybridized carbons (Fsp3) is 0.438. The number of nitrogens with zero attached hydrogens (tertiary/aromatic N) is 1. The number of amides is 1. The summed E-state index contributed by atoms with van der Waals surface area (Å²) in [5, 5.41) is 0. The van der Waals surface area contributed by atoms with Crippen molar-refractivity contribution in [3.8, 4) is 11.8 Å². The standard InChI is InChI=1S/C16H20N2OS/c1-12-5-6-15(13(10-12)4-3-8-17)16(19)18(2)14-7-9-20-11-14/h5-6,10,14H,7-9,11,17H2,1-2H3. The van der Waals surface area contributed by atoms with Crippen LogP contribution in [0.25, 0.3) is 0 Å². The van der Waals surface area contributed by atoms with E-state index in [1.165, 1.54) is 0 Å². The quantitative estimate of drug-likeness (QED) is 0.845. The molecule has 0 radical (unpaired) electrons. The highest BCUT2D eigenvalue weighted by molar-refractivity contribution is 7.99. The molecule has 1 aromatic rings. The summed E-state index contributed by atoms with van der Waals surface area (Å²) < 4.78 is 0. The van der Waals surface area contributed by atoms with Crippen molar-refractivity contribution in [2.24, 2.45) is 5.73 Å². The van der Waals surface area contributed by atoms with E-state index in [0.717, 1.165) is 29.1 Å². The van der Waals surface area contributed by atoms with Crippen LogP contribution in [0.3, 0.4) is 0 Å². The van der Waals surface area contributed by atoms with Gasteiger partial charge >= 0.3 is 0 Å². The van der Waals surface area contributed by atoms with Crippen molar-refractivity contribution in [1.29, 1.82) is 0 Å². The van der Waals surface area contributed by atoms with Crippen molar-refractivity contribution in [3.63, 3.8) is 0 Å². The van der Waals surface area contributed by atoms with Crippen molar-refractivity contribution < 1.29 is 4.79 Å².